The first-order chi connectivity index (χ1) is 9.93. The van der Waals surface area contributed by atoms with Gasteiger partial charge in [-0.1, -0.05) is 12.1 Å². The lowest BCUT2D eigenvalue weighted by Crippen LogP contribution is -2.18. The van der Waals surface area contributed by atoms with E-state index in [-0.39, 0.29) is 11.5 Å². The molecule has 0 fully saturated rings. The second kappa shape index (κ2) is 6.13. The summed E-state index contributed by atoms with van der Waals surface area (Å²) in [5.74, 6) is -1.40. The number of carbonyl (C=O) groups excluding carboxylic acids is 1. The molecular weight excluding hydrogens is 336 g/mol. The van der Waals surface area contributed by atoms with E-state index >= 15 is 0 Å². The first kappa shape index (κ1) is 15.3. The summed E-state index contributed by atoms with van der Waals surface area (Å²) < 4.78 is 2.59. The number of anilines is 1. The van der Waals surface area contributed by atoms with Gasteiger partial charge in [0.1, 0.15) is 5.69 Å². The van der Waals surface area contributed by atoms with Crippen LogP contribution in [0.5, 0.6) is 0 Å². The van der Waals surface area contributed by atoms with Crippen LogP contribution in [0, 0.1) is 6.92 Å². The van der Waals surface area contributed by atoms with Crippen molar-refractivity contribution in [1.29, 1.82) is 0 Å². The maximum atomic E-state index is 12.3. The fourth-order valence-corrected chi connectivity index (χ4v) is 2.63. The Bertz CT molecular complexity index is 707. The number of carbonyl (C=O) groups is 2. The van der Waals surface area contributed by atoms with E-state index in [1.165, 1.54) is 0 Å². The molecule has 21 heavy (non-hydrogen) atoms. The van der Waals surface area contributed by atoms with Crippen LogP contribution in [0.25, 0.3) is 0 Å². The van der Waals surface area contributed by atoms with Gasteiger partial charge in [0, 0.05) is 17.2 Å². The monoisotopic (exact) mass is 350 g/mol. The van der Waals surface area contributed by atoms with Crippen molar-refractivity contribution < 1.29 is 14.7 Å². The Morgan fingerprint density at radius 2 is 2.10 bits per heavy atom. The summed E-state index contributed by atoms with van der Waals surface area (Å²) in [6.45, 7) is 4.27. The highest BCUT2D eigenvalue weighted by Crippen LogP contribution is 2.21. The number of benzene rings is 1. The third-order valence-corrected chi connectivity index (χ3v) is 3.61. The molecule has 0 unspecified atom stereocenters. The Hall–Kier alpha value is -2.08. The number of rotatable bonds is 4. The maximum absolute atomic E-state index is 12.3. The van der Waals surface area contributed by atoms with Gasteiger partial charge in [-0.05, 0) is 47.5 Å². The first-order valence-corrected chi connectivity index (χ1v) is 7.23. The number of hydrogen-bond acceptors (Lipinski definition) is 2. The second-order valence-corrected chi connectivity index (χ2v) is 5.50. The van der Waals surface area contributed by atoms with Gasteiger partial charge in [-0.3, -0.25) is 4.79 Å². The van der Waals surface area contributed by atoms with E-state index in [1.807, 2.05) is 13.1 Å². The molecule has 1 aromatic heterocycles. The highest BCUT2D eigenvalue weighted by molar-refractivity contribution is 9.10. The quantitative estimate of drug-likeness (QED) is 0.885. The number of halogens is 1. The fraction of sp³-hybridized carbons (Fsp3) is 0.200. The summed E-state index contributed by atoms with van der Waals surface area (Å²) in [6, 6.07) is 6.70. The minimum atomic E-state index is -1.06. The molecule has 0 spiro atoms. The third kappa shape index (κ3) is 3.16. The highest BCUT2D eigenvalue weighted by Gasteiger charge is 2.17. The van der Waals surface area contributed by atoms with Crippen LogP contribution in [-0.2, 0) is 6.54 Å². The van der Waals surface area contributed by atoms with E-state index in [0.717, 1.165) is 4.47 Å². The van der Waals surface area contributed by atoms with Crippen LogP contribution < -0.4 is 5.32 Å². The molecule has 6 heteroatoms. The Morgan fingerprint density at radius 1 is 1.38 bits per heavy atom. The van der Waals surface area contributed by atoms with Crippen LogP contribution in [0.2, 0.25) is 0 Å². The predicted molar refractivity (Wildman–Crippen MR) is 83.9 cm³/mol. The van der Waals surface area contributed by atoms with Gasteiger partial charge < -0.3 is 15.0 Å². The fourth-order valence-electron chi connectivity index (χ4n) is 2.17. The van der Waals surface area contributed by atoms with Crippen molar-refractivity contribution in [3.8, 4) is 0 Å². The Morgan fingerprint density at radius 3 is 2.71 bits per heavy atom. The van der Waals surface area contributed by atoms with Crippen molar-refractivity contribution in [3.63, 3.8) is 0 Å². The molecule has 1 aromatic carbocycles. The van der Waals surface area contributed by atoms with E-state index in [4.69, 9.17) is 0 Å². The minimum Gasteiger partial charge on any atom is -0.478 e. The molecule has 0 aliphatic rings. The molecule has 0 aliphatic heterocycles. The van der Waals surface area contributed by atoms with Gasteiger partial charge in [-0.2, -0.15) is 0 Å². The van der Waals surface area contributed by atoms with Gasteiger partial charge >= 0.3 is 5.97 Å². The molecule has 2 rings (SSSR count). The van der Waals surface area contributed by atoms with Gasteiger partial charge in [0.25, 0.3) is 5.91 Å². The van der Waals surface area contributed by atoms with Crippen LogP contribution in [0.1, 0.15) is 33.3 Å². The normalized spacial score (nSPS) is 10.4. The van der Waals surface area contributed by atoms with Gasteiger partial charge in [-0.25, -0.2) is 4.79 Å². The molecule has 1 heterocycles. The zero-order valence-electron chi connectivity index (χ0n) is 11.7. The summed E-state index contributed by atoms with van der Waals surface area (Å²) in [5.41, 5.74) is 1.49. The molecule has 5 nitrogen and oxygen atoms in total. The average Bonchev–Trinajstić information content (AvgIpc) is 2.79. The lowest BCUT2D eigenvalue weighted by atomic mass is 10.1. The van der Waals surface area contributed by atoms with Gasteiger partial charge in [0.15, 0.2) is 0 Å². The van der Waals surface area contributed by atoms with Crippen molar-refractivity contribution in [3.05, 3.63) is 51.8 Å². The first-order valence-electron chi connectivity index (χ1n) is 6.44. The molecule has 0 saturated heterocycles. The van der Waals surface area contributed by atoms with Gasteiger partial charge in [-0.15, -0.1) is 0 Å². The van der Waals surface area contributed by atoms with Crippen molar-refractivity contribution in [2.24, 2.45) is 0 Å². The van der Waals surface area contributed by atoms with E-state index in [9.17, 15) is 14.7 Å². The summed E-state index contributed by atoms with van der Waals surface area (Å²) >= 11 is 3.33. The molecule has 2 N–H and O–H groups in total. The number of nitrogens with one attached hydrogen (secondary N) is 1. The number of hydrogen-bond donors (Lipinski definition) is 2. The number of aryl methyl sites for hydroxylation is 2. The number of nitrogens with zero attached hydrogens (tertiary/aromatic N) is 1. The smallest absolute Gasteiger partial charge is 0.338 e. The lowest BCUT2D eigenvalue weighted by Gasteiger charge is -2.11. The maximum Gasteiger partial charge on any atom is 0.338 e. The predicted octanol–water partition coefficient (Wildman–Crippen LogP) is 3.53. The standard InChI is InChI=1S/C15H15BrN2O3/c1-3-18-8-10(16)7-12(18)14(19)17-11-6-4-5-9(2)13(11)15(20)21/h4-8H,3H2,1-2H3,(H,17,19)(H,20,21). The zero-order valence-corrected chi connectivity index (χ0v) is 13.3. The molecule has 0 aliphatic carbocycles. The van der Waals surface area contributed by atoms with Crippen molar-refractivity contribution in [2.75, 3.05) is 5.32 Å². The molecule has 0 radical (unpaired) electrons. The SMILES string of the molecule is CCn1cc(Br)cc1C(=O)Nc1cccc(C)c1C(=O)O. The minimum absolute atomic E-state index is 0.111. The number of carboxylic acid groups (broad SMARTS) is 1. The number of aromatic nitrogens is 1. The van der Waals surface area contributed by atoms with Crippen LogP contribution in [0.4, 0.5) is 5.69 Å². The molecular formula is C15H15BrN2O3. The Labute approximate surface area is 130 Å². The lowest BCUT2D eigenvalue weighted by molar-refractivity contribution is 0.0697. The van der Waals surface area contributed by atoms with Crippen molar-refractivity contribution >= 4 is 33.5 Å². The number of aromatic carboxylic acids is 1. The summed E-state index contributed by atoms with van der Waals surface area (Å²) in [7, 11) is 0. The third-order valence-electron chi connectivity index (χ3n) is 3.17. The molecule has 0 bridgehead atoms. The van der Waals surface area contributed by atoms with Gasteiger partial charge in [0.05, 0.1) is 11.3 Å². The largest absolute Gasteiger partial charge is 0.478 e. The average molecular weight is 351 g/mol. The van der Waals surface area contributed by atoms with E-state index in [2.05, 4.69) is 21.2 Å². The Balaban J connectivity index is 2.36. The summed E-state index contributed by atoms with van der Waals surface area (Å²) in [5, 5.41) is 11.9. The topological polar surface area (TPSA) is 71.3 Å². The molecule has 0 saturated carbocycles. The van der Waals surface area contributed by atoms with Crippen LogP contribution in [0.3, 0.4) is 0 Å². The second-order valence-electron chi connectivity index (χ2n) is 4.59. The zero-order chi connectivity index (χ0) is 15.6. The molecule has 1 amide bonds. The number of carboxylic acids is 1. The molecule has 110 valence electrons. The van der Waals surface area contributed by atoms with E-state index in [1.54, 1.807) is 35.8 Å². The van der Waals surface area contributed by atoms with Crippen LogP contribution in [-0.4, -0.2) is 21.6 Å². The van der Waals surface area contributed by atoms with Crippen LogP contribution >= 0.6 is 15.9 Å². The number of amides is 1. The van der Waals surface area contributed by atoms with Gasteiger partial charge in [0.2, 0.25) is 0 Å². The molecule has 0 atom stereocenters. The Kier molecular flexibility index (Phi) is 4.47. The van der Waals surface area contributed by atoms with E-state index in [0.29, 0.717) is 23.5 Å². The van der Waals surface area contributed by atoms with E-state index < -0.39 is 5.97 Å². The van der Waals surface area contributed by atoms with Crippen LogP contribution in [0.15, 0.2) is 34.9 Å². The highest BCUT2D eigenvalue weighted by atomic mass is 79.9. The molecule has 2 aromatic rings. The summed E-state index contributed by atoms with van der Waals surface area (Å²) in [4.78, 5) is 23.7. The van der Waals surface area contributed by atoms with Crippen molar-refractivity contribution in [2.45, 2.75) is 20.4 Å². The summed E-state index contributed by atoms with van der Waals surface area (Å²) in [6.07, 6.45) is 1.81. The van der Waals surface area contributed by atoms with Crippen molar-refractivity contribution in [1.82, 2.24) is 4.57 Å².